The molecule has 1 saturated heterocycles. The van der Waals surface area contributed by atoms with Gasteiger partial charge in [-0.3, -0.25) is 9.78 Å². The number of piperidine rings is 1. The molecule has 2 atom stereocenters. The molecule has 1 aliphatic heterocycles. The number of rotatable bonds is 5. The SMILES string of the molecule is Cc1ccc(-c2cccnc2)c(C(=O)N2CC(COc3ccc(F)cn3)CCC2C)c1. The molecule has 31 heavy (non-hydrogen) atoms. The predicted molar refractivity (Wildman–Crippen MR) is 117 cm³/mol. The van der Waals surface area contributed by atoms with Gasteiger partial charge in [0.05, 0.1) is 12.8 Å². The summed E-state index contributed by atoms with van der Waals surface area (Å²) in [5.41, 5.74) is 3.56. The van der Waals surface area contributed by atoms with Gasteiger partial charge in [0.25, 0.3) is 5.91 Å². The number of aryl methyl sites for hydroxylation is 1. The summed E-state index contributed by atoms with van der Waals surface area (Å²) in [6.45, 7) is 5.14. The van der Waals surface area contributed by atoms with E-state index >= 15 is 0 Å². The number of carbonyl (C=O) groups excluding carboxylic acids is 1. The third-order valence-electron chi connectivity index (χ3n) is 5.79. The summed E-state index contributed by atoms with van der Waals surface area (Å²) >= 11 is 0. The van der Waals surface area contributed by atoms with Gasteiger partial charge in [-0.15, -0.1) is 0 Å². The number of aromatic nitrogens is 2. The first-order valence-electron chi connectivity index (χ1n) is 10.6. The molecular weight excluding hydrogens is 393 g/mol. The molecule has 5 nitrogen and oxygen atoms in total. The summed E-state index contributed by atoms with van der Waals surface area (Å²) in [6, 6.07) is 12.8. The van der Waals surface area contributed by atoms with Crippen molar-refractivity contribution in [2.45, 2.75) is 32.7 Å². The van der Waals surface area contributed by atoms with Crippen LogP contribution in [-0.2, 0) is 0 Å². The minimum atomic E-state index is -0.391. The van der Waals surface area contributed by atoms with E-state index in [-0.39, 0.29) is 17.9 Å². The topological polar surface area (TPSA) is 55.3 Å². The second-order valence-electron chi connectivity index (χ2n) is 8.17. The maximum absolute atomic E-state index is 13.6. The number of carbonyl (C=O) groups is 1. The lowest BCUT2D eigenvalue weighted by molar-refractivity contribution is 0.0503. The molecule has 0 radical (unpaired) electrons. The van der Waals surface area contributed by atoms with Crippen molar-refractivity contribution in [1.29, 1.82) is 0 Å². The minimum absolute atomic E-state index is 0.0275. The van der Waals surface area contributed by atoms with E-state index in [2.05, 4.69) is 16.9 Å². The van der Waals surface area contributed by atoms with Crippen molar-refractivity contribution >= 4 is 5.91 Å². The average molecular weight is 420 g/mol. The van der Waals surface area contributed by atoms with Gasteiger partial charge in [-0.05, 0) is 50.5 Å². The Kier molecular flexibility index (Phi) is 6.26. The maximum Gasteiger partial charge on any atom is 0.254 e. The predicted octanol–water partition coefficient (Wildman–Crippen LogP) is 4.91. The molecule has 160 valence electrons. The van der Waals surface area contributed by atoms with E-state index in [4.69, 9.17) is 4.74 Å². The summed E-state index contributed by atoms with van der Waals surface area (Å²) in [5.74, 6) is 0.229. The first-order valence-corrected chi connectivity index (χ1v) is 10.6. The molecule has 2 aromatic heterocycles. The lowest BCUT2D eigenvalue weighted by atomic mass is 9.91. The van der Waals surface area contributed by atoms with Crippen molar-refractivity contribution in [2.24, 2.45) is 5.92 Å². The smallest absolute Gasteiger partial charge is 0.254 e. The number of ether oxygens (including phenoxy) is 1. The van der Waals surface area contributed by atoms with Gasteiger partial charge in [0.2, 0.25) is 5.88 Å². The number of halogens is 1. The van der Waals surface area contributed by atoms with E-state index in [1.807, 2.05) is 42.2 Å². The molecule has 0 saturated carbocycles. The quantitative estimate of drug-likeness (QED) is 0.590. The van der Waals surface area contributed by atoms with Crippen LogP contribution in [0.15, 0.2) is 61.1 Å². The number of pyridine rings is 2. The Labute approximate surface area is 181 Å². The molecule has 4 rings (SSSR count). The van der Waals surface area contributed by atoms with Gasteiger partial charge < -0.3 is 9.64 Å². The van der Waals surface area contributed by atoms with Crippen LogP contribution in [0.4, 0.5) is 4.39 Å². The Hall–Kier alpha value is -3.28. The molecule has 1 aromatic carbocycles. The molecule has 1 aliphatic rings. The van der Waals surface area contributed by atoms with Crippen LogP contribution in [0.3, 0.4) is 0 Å². The molecule has 0 aliphatic carbocycles. The number of hydrogen-bond acceptors (Lipinski definition) is 4. The molecule has 0 bridgehead atoms. The zero-order valence-corrected chi connectivity index (χ0v) is 17.8. The van der Waals surface area contributed by atoms with Crippen LogP contribution in [0.25, 0.3) is 11.1 Å². The Morgan fingerprint density at radius 3 is 2.81 bits per heavy atom. The van der Waals surface area contributed by atoms with Crippen molar-refractivity contribution in [1.82, 2.24) is 14.9 Å². The second kappa shape index (κ2) is 9.25. The standard InChI is InChI=1S/C25H26FN3O2/c1-17-5-9-22(20-4-3-11-27-13-20)23(12-17)25(30)29-15-19(7-6-18(29)2)16-31-24-10-8-21(26)14-28-24/h3-5,8-14,18-19H,6-7,15-16H2,1-2H3. The summed E-state index contributed by atoms with van der Waals surface area (Å²) in [7, 11) is 0. The van der Waals surface area contributed by atoms with Crippen molar-refractivity contribution < 1.29 is 13.9 Å². The highest BCUT2D eigenvalue weighted by molar-refractivity contribution is 6.01. The number of likely N-dealkylation sites (tertiary alicyclic amines) is 1. The molecule has 6 heteroatoms. The summed E-state index contributed by atoms with van der Waals surface area (Å²) in [6.07, 6.45) is 6.53. The van der Waals surface area contributed by atoms with E-state index < -0.39 is 5.82 Å². The Morgan fingerprint density at radius 2 is 2.06 bits per heavy atom. The van der Waals surface area contributed by atoms with Crippen molar-refractivity contribution in [3.63, 3.8) is 0 Å². The van der Waals surface area contributed by atoms with E-state index in [9.17, 15) is 9.18 Å². The van der Waals surface area contributed by atoms with Crippen LogP contribution in [0.5, 0.6) is 5.88 Å². The number of benzene rings is 1. The van der Waals surface area contributed by atoms with Gasteiger partial charge in [0.1, 0.15) is 5.82 Å². The van der Waals surface area contributed by atoms with Crippen molar-refractivity contribution in [2.75, 3.05) is 13.2 Å². The number of amides is 1. The lowest BCUT2D eigenvalue weighted by Crippen LogP contribution is -2.47. The fourth-order valence-corrected chi connectivity index (χ4v) is 4.02. The zero-order valence-electron chi connectivity index (χ0n) is 17.8. The molecule has 1 fully saturated rings. The van der Waals surface area contributed by atoms with Gasteiger partial charge in [0, 0.05) is 48.1 Å². The number of nitrogens with zero attached hydrogens (tertiary/aromatic N) is 3. The third-order valence-corrected chi connectivity index (χ3v) is 5.79. The molecule has 1 amide bonds. The fraction of sp³-hybridized carbons (Fsp3) is 0.320. The second-order valence-corrected chi connectivity index (χ2v) is 8.17. The first kappa shape index (κ1) is 21.0. The highest BCUT2D eigenvalue weighted by atomic mass is 19.1. The summed E-state index contributed by atoms with van der Waals surface area (Å²) in [4.78, 5) is 23.7. The monoisotopic (exact) mass is 419 g/mol. The first-order chi connectivity index (χ1) is 15.0. The van der Waals surface area contributed by atoms with E-state index in [0.717, 1.165) is 35.7 Å². The van der Waals surface area contributed by atoms with E-state index in [0.29, 0.717) is 24.6 Å². The van der Waals surface area contributed by atoms with Gasteiger partial charge in [-0.2, -0.15) is 0 Å². The van der Waals surface area contributed by atoms with E-state index in [1.165, 1.54) is 12.1 Å². The highest BCUT2D eigenvalue weighted by Crippen LogP contribution is 2.29. The van der Waals surface area contributed by atoms with E-state index in [1.54, 1.807) is 12.4 Å². The Morgan fingerprint density at radius 1 is 1.19 bits per heavy atom. The van der Waals surface area contributed by atoms with Gasteiger partial charge >= 0.3 is 0 Å². The van der Waals surface area contributed by atoms with Crippen LogP contribution < -0.4 is 4.74 Å². The van der Waals surface area contributed by atoms with Crippen molar-refractivity contribution in [3.8, 4) is 17.0 Å². The fourth-order valence-electron chi connectivity index (χ4n) is 4.02. The van der Waals surface area contributed by atoms with Crippen molar-refractivity contribution in [3.05, 3.63) is 78.0 Å². The molecule has 0 N–H and O–H groups in total. The van der Waals surface area contributed by atoms with Gasteiger partial charge in [-0.25, -0.2) is 9.37 Å². The van der Waals surface area contributed by atoms with Crippen LogP contribution >= 0.6 is 0 Å². The molecule has 3 heterocycles. The largest absolute Gasteiger partial charge is 0.477 e. The van der Waals surface area contributed by atoms with Crippen LogP contribution in [-0.4, -0.2) is 40.0 Å². The van der Waals surface area contributed by atoms with Gasteiger partial charge in [-0.1, -0.05) is 23.8 Å². The van der Waals surface area contributed by atoms with Crippen LogP contribution in [0.1, 0.15) is 35.7 Å². The Balaban J connectivity index is 1.52. The summed E-state index contributed by atoms with van der Waals surface area (Å²) < 4.78 is 18.8. The third kappa shape index (κ3) is 4.90. The Bertz CT molecular complexity index is 1040. The van der Waals surface area contributed by atoms with Crippen LogP contribution in [0, 0.1) is 18.7 Å². The summed E-state index contributed by atoms with van der Waals surface area (Å²) in [5, 5.41) is 0. The zero-order chi connectivity index (χ0) is 21.8. The average Bonchev–Trinajstić information content (AvgIpc) is 2.79. The molecule has 3 aromatic rings. The van der Waals surface area contributed by atoms with Crippen LogP contribution in [0.2, 0.25) is 0 Å². The highest BCUT2D eigenvalue weighted by Gasteiger charge is 2.31. The maximum atomic E-state index is 13.6. The molecule has 0 spiro atoms. The molecular formula is C25H26FN3O2. The van der Waals surface area contributed by atoms with Gasteiger partial charge in [0.15, 0.2) is 0 Å². The number of hydrogen-bond donors (Lipinski definition) is 0. The molecule has 2 unspecified atom stereocenters. The normalized spacial score (nSPS) is 18.6. The minimum Gasteiger partial charge on any atom is -0.477 e. The lowest BCUT2D eigenvalue weighted by Gasteiger charge is -2.38.